The quantitative estimate of drug-likeness (QED) is 0.292. The van der Waals surface area contributed by atoms with Gasteiger partial charge in [-0.05, 0) is 59.9 Å². The van der Waals surface area contributed by atoms with E-state index in [1.54, 1.807) is 28.8 Å². The Balaban J connectivity index is 1.66. The van der Waals surface area contributed by atoms with Crippen LogP contribution in [0.3, 0.4) is 0 Å². The van der Waals surface area contributed by atoms with Crippen molar-refractivity contribution in [3.8, 4) is 5.75 Å². The Morgan fingerprint density at radius 2 is 1.75 bits per heavy atom. The Morgan fingerprint density at radius 3 is 2.56 bits per heavy atom. The molecule has 0 saturated heterocycles. The van der Waals surface area contributed by atoms with E-state index in [0.717, 1.165) is 35.2 Å². The summed E-state index contributed by atoms with van der Waals surface area (Å²) in [6.45, 7) is 0. The van der Waals surface area contributed by atoms with Crippen LogP contribution in [-0.2, 0) is 6.42 Å². The van der Waals surface area contributed by atoms with E-state index in [1.807, 2.05) is 18.2 Å². The average molecular weight is 574 g/mol. The van der Waals surface area contributed by atoms with Gasteiger partial charge in [-0.2, -0.15) is 0 Å². The van der Waals surface area contributed by atoms with Crippen LogP contribution in [-0.4, -0.2) is 9.67 Å². The van der Waals surface area contributed by atoms with Crippen molar-refractivity contribution in [3.05, 3.63) is 122 Å². The first-order valence-corrected chi connectivity index (χ1v) is 13.4. The zero-order valence-electron chi connectivity index (χ0n) is 18.4. The average Bonchev–Trinajstić information content (AvgIpc) is 3.16. The molecule has 0 saturated carbocycles. The first-order valence-electron chi connectivity index (χ1n) is 11.1. The van der Waals surface area contributed by atoms with Crippen LogP contribution in [0.5, 0.6) is 5.75 Å². The van der Waals surface area contributed by atoms with Gasteiger partial charge in [0.05, 0.1) is 21.3 Å². The van der Waals surface area contributed by atoms with E-state index in [0.29, 0.717) is 30.0 Å². The van der Waals surface area contributed by atoms with Crippen molar-refractivity contribution in [2.24, 2.45) is 4.99 Å². The SMILES string of the molecule is O=c1/c(=C/c2cc(Cl)cc(Cl)c2O)sc2n1C(c1ccc(Cl)cc1Cl)C1=C(N=2)c2ccccc2CC1. The second kappa shape index (κ2) is 9.09. The molecule has 1 unspecified atom stereocenters. The molecule has 6 rings (SSSR count). The number of aryl methyl sites for hydroxylation is 1. The second-order valence-electron chi connectivity index (χ2n) is 8.60. The normalized spacial score (nSPS) is 16.9. The van der Waals surface area contributed by atoms with Crippen molar-refractivity contribution < 1.29 is 5.11 Å². The number of allylic oxidation sites excluding steroid dienone is 1. The highest BCUT2D eigenvalue weighted by Gasteiger charge is 2.33. The third kappa shape index (κ3) is 3.90. The third-order valence-corrected chi connectivity index (χ3v) is 8.53. The standard InChI is InChI=1S/C27H16Cl4N2O2S/c28-15-6-8-18(20(30)11-15)24-19-7-5-13-3-1-2-4-17(13)23(19)32-27-33(24)26(35)22(36-27)10-14-9-16(29)12-21(31)25(14)34/h1-4,6,8-12,24,34H,5,7H2/b22-10-. The molecule has 0 fully saturated rings. The third-order valence-electron chi connectivity index (χ3n) is 6.47. The van der Waals surface area contributed by atoms with Crippen LogP contribution in [0.15, 0.2) is 70.0 Å². The van der Waals surface area contributed by atoms with E-state index in [9.17, 15) is 9.90 Å². The Morgan fingerprint density at radius 1 is 0.972 bits per heavy atom. The Hall–Kier alpha value is -2.54. The number of aromatic hydroxyl groups is 1. The monoisotopic (exact) mass is 572 g/mol. The number of nitrogens with zero attached hydrogens (tertiary/aromatic N) is 2. The van der Waals surface area contributed by atoms with Crippen LogP contribution in [0.2, 0.25) is 20.1 Å². The molecule has 9 heteroatoms. The van der Waals surface area contributed by atoms with E-state index in [1.165, 1.54) is 23.0 Å². The first-order chi connectivity index (χ1) is 17.3. The summed E-state index contributed by atoms with van der Waals surface area (Å²) in [7, 11) is 0. The minimum absolute atomic E-state index is 0.111. The smallest absolute Gasteiger partial charge is 0.271 e. The predicted octanol–water partition coefficient (Wildman–Crippen LogP) is 6.64. The minimum atomic E-state index is -0.437. The number of benzene rings is 3. The Kier molecular flexibility index (Phi) is 6.02. The predicted molar refractivity (Wildman–Crippen MR) is 147 cm³/mol. The van der Waals surface area contributed by atoms with Crippen LogP contribution < -0.4 is 14.9 Å². The zero-order valence-corrected chi connectivity index (χ0v) is 22.3. The molecule has 1 aliphatic carbocycles. The highest BCUT2D eigenvalue weighted by atomic mass is 35.5. The molecule has 0 bridgehead atoms. The van der Waals surface area contributed by atoms with Gasteiger partial charge >= 0.3 is 0 Å². The number of phenols is 1. The molecule has 1 N–H and O–H groups in total. The van der Waals surface area contributed by atoms with E-state index >= 15 is 0 Å². The molecule has 4 aromatic rings. The number of halogens is 4. The summed E-state index contributed by atoms with van der Waals surface area (Å²) in [4.78, 5) is 19.3. The molecule has 3 aromatic carbocycles. The number of fused-ring (bicyclic) bond motifs is 3. The van der Waals surface area contributed by atoms with Crippen molar-refractivity contribution in [1.29, 1.82) is 0 Å². The van der Waals surface area contributed by atoms with Gasteiger partial charge in [0.15, 0.2) is 4.80 Å². The second-order valence-corrected chi connectivity index (χ2v) is 11.3. The molecule has 4 nitrogen and oxygen atoms in total. The fraction of sp³-hybridized carbons (Fsp3) is 0.111. The van der Waals surface area contributed by atoms with Gasteiger partial charge in [-0.25, -0.2) is 4.99 Å². The lowest BCUT2D eigenvalue weighted by Gasteiger charge is -2.31. The van der Waals surface area contributed by atoms with Crippen LogP contribution in [0.25, 0.3) is 11.8 Å². The highest BCUT2D eigenvalue weighted by Crippen LogP contribution is 2.43. The Bertz CT molecular complexity index is 1790. The van der Waals surface area contributed by atoms with Crippen molar-refractivity contribution >= 4 is 69.5 Å². The van der Waals surface area contributed by atoms with Crippen LogP contribution in [0.1, 0.15) is 34.7 Å². The molecule has 1 aliphatic heterocycles. The molecule has 0 radical (unpaired) electrons. The molecular formula is C27H16Cl4N2O2S. The lowest BCUT2D eigenvalue weighted by molar-refractivity contribution is 0.474. The lowest BCUT2D eigenvalue weighted by Crippen LogP contribution is -2.38. The molecule has 2 heterocycles. The first kappa shape index (κ1) is 23.8. The van der Waals surface area contributed by atoms with Crippen LogP contribution in [0.4, 0.5) is 0 Å². The Labute approximate surface area is 230 Å². The highest BCUT2D eigenvalue weighted by molar-refractivity contribution is 7.07. The van der Waals surface area contributed by atoms with Crippen LogP contribution in [0, 0.1) is 0 Å². The van der Waals surface area contributed by atoms with Crippen molar-refractivity contribution in [2.45, 2.75) is 18.9 Å². The molecular weight excluding hydrogens is 558 g/mol. The molecule has 1 atom stereocenters. The summed E-state index contributed by atoms with van der Waals surface area (Å²) in [6, 6.07) is 16.1. The van der Waals surface area contributed by atoms with E-state index < -0.39 is 6.04 Å². The van der Waals surface area contributed by atoms with Crippen molar-refractivity contribution in [1.82, 2.24) is 4.57 Å². The molecule has 0 amide bonds. The number of thiazole rings is 1. The number of rotatable bonds is 2. The van der Waals surface area contributed by atoms with Gasteiger partial charge in [-0.1, -0.05) is 88.1 Å². The number of aromatic nitrogens is 1. The van der Waals surface area contributed by atoms with Crippen LogP contribution >= 0.6 is 57.7 Å². The van der Waals surface area contributed by atoms with E-state index in [4.69, 9.17) is 51.4 Å². The van der Waals surface area contributed by atoms with Gasteiger partial charge in [-0.3, -0.25) is 9.36 Å². The maximum absolute atomic E-state index is 13.8. The number of phenolic OH excluding ortho intramolecular Hbond substituents is 1. The maximum Gasteiger partial charge on any atom is 0.271 e. The largest absolute Gasteiger partial charge is 0.506 e. The van der Waals surface area contributed by atoms with E-state index in [-0.39, 0.29) is 16.3 Å². The van der Waals surface area contributed by atoms with Gasteiger partial charge in [0.2, 0.25) is 0 Å². The summed E-state index contributed by atoms with van der Waals surface area (Å²) in [5, 5.41) is 11.9. The summed E-state index contributed by atoms with van der Waals surface area (Å²) < 4.78 is 2.08. The van der Waals surface area contributed by atoms with Gasteiger partial charge in [0.25, 0.3) is 5.56 Å². The lowest BCUT2D eigenvalue weighted by atomic mass is 9.83. The minimum Gasteiger partial charge on any atom is -0.506 e. The molecule has 180 valence electrons. The molecule has 0 spiro atoms. The topological polar surface area (TPSA) is 54.6 Å². The summed E-state index contributed by atoms with van der Waals surface area (Å²) in [5.74, 6) is -0.141. The summed E-state index contributed by atoms with van der Waals surface area (Å²) in [5.41, 5.74) is 5.08. The number of hydrogen-bond donors (Lipinski definition) is 1. The molecule has 2 aliphatic rings. The van der Waals surface area contributed by atoms with Gasteiger partial charge in [0.1, 0.15) is 5.75 Å². The fourth-order valence-corrected chi connectivity index (χ4v) is 6.87. The van der Waals surface area contributed by atoms with Gasteiger partial charge < -0.3 is 5.11 Å². The maximum atomic E-state index is 13.8. The molecule has 1 aromatic heterocycles. The van der Waals surface area contributed by atoms with Crippen molar-refractivity contribution in [2.75, 3.05) is 0 Å². The van der Waals surface area contributed by atoms with Gasteiger partial charge in [0, 0.05) is 26.2 Å². The van der Waals surface area contributed by atoms with E-state index in [2.05, 4.69) is 12.1 Å². The zero-order chi connectivity index (χ0) is 25.1. The molecule has 36 heavy (non-hydrogen) atoms. The number of hydrogen-bond acceptors (Lipinski definition) is 4. The summed E-state index contributed by atoms with van der Waals surface area (Å²) >= 11 is 26.4. The van der Waals surface area contributed by atoms with Crippen molar-refractivity contribution in [3.63, 3.8) is 0 Å². The summed E-state index contributed by atoms with van der Waals surface area (Å²) in [6.07, 6.45) is 3.17. The fourth-order valence-electron chi connectivity index (χ4n) is 4.86. The van der Waals surface area contributed by atoms with Gasteiger partial charge in [-0.15, -0.1) is 0 Å².